The van der Waals surface area contributed by atoms with Crippen molar-refractivity contribution in [3.05, 3.63) is 40.5 Å². The van der Waals surface area contributed by atoms with Crippen LogP contribution >= 0.6 is 0 Å². The first-order chi connectivity index (χ1) is 12.9. The van der Waals surface area contributed by atoms with E-state index in [-0.39, 0.29) is 13.8 Å². The Kier molecular flexibility index (Phi) is 3.02. The van der Waals surface area contributed by atoms with Crippen LogP contribution in [0.1, 0.15) is 31.7 Å². The summed E-state index contributed by atoms with van der Waals surface area (Å²) in [6.07, 6.45) is -4.46. The van der Waals surface area contributed by atoms with Gasteiger partial charge in [0.1, 0.15) is 19.7 Å². The second kappa shape index (κ2) is 6.99. The normalized spacial score (nSPS) is 19.9. The Morgan fingerprint density at radius 2 is 1.23 bits per heavy atom. The zero-order chi connectivity index (χ0) is 24.7. The van der Waals surface area contributed by atoms with E-state index < -0.39 is 57.3 Å². The van der Waals surface area contributed by atoms with Crippen LogP contribution in [0.5, 0.6) is 0 Å². The Bertz CT molecular complexity index is 677. The van der Waals surface area contributed by atoms with E-state index in [2.05, 4.69) is 9.47 Å². The minimum absolute atomic E-state index is 0.0275. The van der Waals surface area contributed by atoms with Gasteiger partial charge in [-0.15, -0.1) is 0 Å². The van der Waals surface area contributed by atoms with Crippen molar-refractivity contribution < 1.29 is 40.1 Å². The SMILES string of the molecule is [2H]C([2H])([2H])C([2H])(OC([2H])([2H])C(C)([N+](=O)[O-])[N+](=O)[O-])OC([2H])([2H])C(C)([N+](=O)[O-])[N+](=O)[O-]. The highest BCUT2D eigenvalue weighted by Gasteiger charge is 2.53. The van der Waals surface area contributed by atoms with Crippen LogP contribution in [0.15, 0.2) is 0 Å². The molecular formula is C8H14N4O10. The number of hydrogen-bond donors (Lipinski definition) is 0. The number of nitro groups is 4. The van der Waals surface area contributed by atoms with Crippen LogP contribution in [0.4, 0.5) is 0 Å². The molecule has 0 bridgehead atoms. The van der Waals surface area contributed by atoms with E-state index in [1.807, 2.05) is 0 Å². The van der Waals surface area contributed by atoms with Gasteiger partial charge in [0.05, 0.1) is 20.7 Å². The fourth-order valence-corrected chi connectivity index (χ4v) is 0.589. The van der Waals surface area contributed by atoms with Crippen LogP contribution in [0.25, 0.3) is 0 Å². The van der Waals surface area contributed by atoms with Crippen LogP contribution in [0.2, 0.25) is 0 Å². The van der Waals surface area contributed by atoms with Gasteiger partial charge in [0, 0.05) is 4.11 Å². The second-order valence-electron chi connectivity index (χ2n) is 3.77. The van der Waals surface area contributed by atoms with Gasteiger partial charge in [0.15, 0.2) is 19.4 Å². The Labute approximate surface area is 133 Å². The lowest BCUT2D eigenvalue weighted by Gasteiger charge is -2.19. The molecule has 0 aliphatic heterocycles. The first-order valence-electron chi connectivity index (χ1n) is 8.92. The molecule has 0 aromatic heterocycles. The van der Waals surface area contributed by atoms with Gasteiger partial charge in [-0.05, 0) is 6.85 Å². The summed E-state index contributed by atoms with van der Waals surface area (Å²) in [4.78, 5) is 36.7. The quantitative estimate of drug-likeness (QED) is 0.296. The van der Waals surface area contributed by atoms with Crippen molar-refractivity contribution in [1.82, 2.24) is 0 Å². The van der Waals surface area contributed by atoms with Gasteiger partial charge >= 0.3 is 11.3 Å². The van der Waals surface area contributed by atoms with Crippen molar-refractivity contribution in [2.45, 2.75) is 38.3 Å². The summed E-state index contributed by atoms with van der Waals surface area (Å²) >= 11 is 0. The Hall–Kier alpha value is -2.48. The van der Waals surface area contributed by atoms with E-state index in [0.717, 1.165) is 0 Å². The molecule has 0 radical (unpaired) electrons. The molecule has 0 spiro atoms. The molecule has 0 saturated heterocycles. The molecule has 0 heterocycles. The maximum atomic E-state index is 11.0. The second-order valence-corrected chi connectivity index (χ2v) is 3.77. The lowest BCUT2D eigenvalue weighted by atomic mass is 10.2. The number of hydrogen-bond acceptors (Lipinski definition) is 10. The predicted molar refractivity (Wildman–Crippen MR) is 66.2 cm³/mol. The molecule has 0 N–H and O–H groups in total. The highest BCUT2D eigenvalue weighted by Crippen LogP contribution is 2.15. The largest absolute Gasteiger partial charge is 0.478 e. The topological polar surface area (TPSA) is 191 Å². The van der Waals surface area contributed by atoms with Gasteiger partial charge in [0.2, 0.25) is 0 Å². The van der Waals surface area contributed by atoms with Crippen LogP contribution in [-0.4, -0.2) is 50.4 Å². The third kappa shape index (κ3) is 4.26. The van der Waals surface area contributed by atoms with Gasteiger partial charge in [-0.2, -0.15) is 0 Å². The van der Waals surface area contributed by atoms with E-state index in [0.29, 0.717) is 0 Å². The Balaban J connectivity index is 6.63. The molecular weight excluding hydrogens is 312 g/mol. The summed E-state index contributed by atoms with van der Waals surface area (Å²) in [6.45, 7) is -12.7. The zero-order valence-corrected chi connectivity index (χ0v) is 10.9. The predicted octanol–water partition coefficient (Wildman–Crippen LogP) is -0.0952. The molecule has 0 saturated carbocycles. The zero-order valence-electron chi connectivity index (χ0n) is 18.9. The van der Waals surface area contributed by atoms with Gasteiger partial charge in [-0.3, -0.25) is 40.5 Å². The van der Waals surface area contributed by atoms with Crippen LogP contribution in [0.3, 0.4) is 0 Å². The molecule has 14 heteroatoms. The van der Waals surface area contributed by atoms with Crippen molar-refractivity contribution in [3.63, 3.8) is 0 Å². The maximum Gasteiger partial charge on any atom is 0.478 e. The highest BCUT2D eigenvalue weighted by atomic mass is 16.7. The van der Waals surface area contributed by atoms with Crippen molar-refractivity contribution >= 4 is 0 Å². The summed E-state index contributed by atoms with van der Waals surface area (Å²) in [6, 6.07) is 0. The maximum absolute atomic E-state index is 11.0. The molecule has 126 valence electrons. The number of ether oxygens (including phenoxy) is 2. The molecule has 0 amide bonds. The van der Waals surface area contributed by atoms with Crippen LogP contribution < -0.4 is 0 Å². The summed E-state index contributed by atoms with van der Waals surface area (Å²) in [5, 5.41) is 44.1. The molecule has 14 nitrogen and oxygen atoms in total. The Morgan fingerprint density at radius 3 is 1.41 bits per heavy atom. The van der Waals surface area contributed by atoms with E-state index in [1.54, 1.807) is 0 Å². The lowest BCUT2D eigenvalue weighted by molar-refractivity contribution is -0.797. The average molecular weight is 334 g/mol. The first kappa shape index (κ1) is 9.52. The van der Waals surface area contributed by atoms with Crippen LogP contribution in [0, 0.1) is 40.5 Å². The fourth-order valence-electron chi connectivity index (χ4n) is 0.589. The van der Waals surface area contributed by atoms with Crippen molar-refractivity contribution in [2.75, 3.05) is 13.1 Å². The molecule has 0 aliphatic carbocycles. The van der Waals surface area contributed by atoms with Gasteiger partial charge < -0.3 is 9.47 Å². The van der Waals surface area contributed by atoms with Gasteiger partial charge in [-0.1, -0.05) is 0 Å². The molecule has 22 heavy (non-hydrogen) atoms. The molecule has 0 atom stereocenters. The standard InChI is InChI=1S/C8H14N4O10/c1-6(21-4-7(2,9(13)14)10(15)16)22-5-8(3,11(17)18)12(19)20/h6H,4-5H2,1-3H3/i1D3,4D2,5D2,6D. The number of rotatable bonds is 10. The minimum atomic E-state index is -4.46. The third-order valence-electron chi connectivity index (χ3n) is 2.10. The van der Waals surface area contributed by atoms with E-state index in [9.17, 15) is 40.5 Å². The third-order valence-corrected chi connectivity index (χ3v) is 2.10. The van der Waals surface area contributed by atoms with Crippen molar-refractivity contribution in [1.29, 1.82) is 0 Å². The van der Waals surface area contributed by atoms with Crippen molar-refractivity contribution in [2.24, 2.45) is 0 Å². The molecule has 0 rings (SSSR count). The fraction of sp³-hybridized carbons (Fsp3) is 1.00. The molecule has 0 fully saturated rings. The summed E-state index contributed by atoms with van der Waals surface area (Å²) in [5.74, 6) is 0. The van der Waals surface area contributed by atoms with E-state index >= 15 is 0 Å². The highest BCUT2D eigenvalue weighted by molar-refractivity contribution is 4.61. The van der Waals surface area contributed by atoms with E-state index in [1.165, 1.54) is 0 Å². The molecule has 0 aliphatic rings. The van der Waals surface area contributed by atoms with E-state index in [4.69, 9.17) is 11.0 Å². The lowest BCUT2D eigenvalue weighted by Crippen LogP contribution is -2.50. The smallest absolute Gasteiger partial charge is 0.337 e. The number of nitrogens with zero attached hydrogens (tertiary/aromatic N) is 4. The van der Waals surface area contributed by atoms with Gasteiger partial charge in [-0.25, -0.2) is 0 Å². The summed E-state index contributed by atoms with van der Waals surface area (Å²) < 4.78 is 66.9. The molecule has 0 aromatic carbocycles. The Morgan fingerprint density at radius 1 is 0.955 bits per heavy atom. The van der Waals surface area contributed by atoms with Crippen molar-refractivity contribution in [3.8, 4) is 0 Å². The minimum Gasteiger partial charge on any atom is -0.337 e. The molecule has 0 aromatic rings. The summed E-state index contributed by atoms with van der Waals surface area (Å²) in [5.41, 5.74) is -7.95. The first-order valence-corrected chi connectivity index (χ1v) is 4.92. The average Bonchev–Trinajstić information content (AvgIpc) is 2.49. The monoisotopic (exact) mass is 334 g/mol. The summed E-state index contributed by atoms with van der Waals surface area (Å²) in [7, 11) is 0. The van der Waals surface area contributed by atoms with Gasteiger partial charge in [0.25, 0.3) is 0 Å². The van der Waals surface area contributed by atoms with Crippen LogP contribution in [-0.2, 0) is 9.47 Å². The molecule has 0 unspecified atom stereocenters.